The van der Waals surface area contributed by atoms with E-state index in [-0.39, 0.29) is 5.91 Å². The van der Waals surface area contributed by atoms with Gasteiger partial charge in [-0.25, -0.2) is 0 Å². The normalized spacial score (nSPS) is 13.9. The molecule has 0 aromatic heterocycles. The molecule has 5 heteroatoms. The second-order valence-electron chi connectivity index (χ2n) is 6.82. The van der Waals surface area contributed by atoms with Gasteiger partial charge in [-0.1, -0.05) is 37.7 Å². The molecule has 1 amide bonds. The summed E-state index contributed by atoms with van der Waals surface area (Å²) in [6.07, 6.45) is 0. The third kappa shape index (κ3) is 4.14. The minimum atomic E-state index is -0.0134. The van der Waals surface area contributed by atoms with Crippen LogP contribution in [0.1, 0.15) is 38.1 Å². The van der Waals surface area contributed by atoms with Crippen molar-refractivity contribution >= 4 is 29.0 Å². The number of hydrogen-bond donors (Lipinski definition) is 1. The van der Waals surface area contributed by atoms with Crippen molar-refractivity contribution in [1.29, 1.82) is 0 Å². The van der Waals surface area contributed by atoms with E-state index in [2.05, 4.69) is 66.2 Å². The van der Waals surface area contributed by atoms with Crippen LogP contribution in [0.2, 0.25) is 0 Å². The molecule has 0 spiro atoms. The van der Waals surface area contributed by atoms with Crippen molar-refractivity contribution in [3.63, 3.8) is 0 Å². The van der Waals surface area contributed by atoms with Gasteiger partial charge in [0.15, 0.2) is 0 Å². The molecule has 2 aromatic rings. The summed E-state index contributed by atoms with van der Waals surface area (Å²) in [4.78, 5) is 19.7. The zero-order chi connectivity index (χ0) is 19.4. The predicted molar refractivity (Wildman–Crippen MR) is 114 cm³/mol. The molecule has 1 aliphatic rings. The number of carbonyl (C=O) groups excluding carboxylic acids is 1. The number of carbonyl (C=O) groups is 1. The lowest BCUT2D eigenvalue weighted by Crippen LogP contribution is -2.41. The van der Waals surface area contributed by atoms with Crippen molar-refractivity contribution in [1.82, 2.24) is 10.2 Å². The van der Waals surface area contributed by atoms with Gasteiger partial charge in [-0.15, -0.1) is 0 Å². The lowest BCUT2D eigenvalue weighted by Gasteiger charge is -2.39. The summed E-state index contributed by atoms with van der Waals surface area (Å²) in [6, 6.07) is 14.9. The maximum Gasteiger partial charge on any atom is 0.251 e. The first kappa shape index (κ1) is 19.8. The fraction of sp³-hybridized carbons (Fsp3) is 0.409. The molecule has 1 N–H and O–H groups in total. The molecule has 27 heavy (non-hydrogen) atoms. The number of nitrogens with zero attached hydrogens (tertiary/aromatic N) is 2. The Labute approximate surface area is 166 Å². The van der Waals surface area contributed by atoms with E-state index >= 15 is 0 Å². The molecule has 0 saturated heterocycles. The highest BCUT2D eigenvalue weighted by Gasteiger charge is 2.28. The van der Waals surface area contributed by atoms with Crippen molar-refractivity contribution in [2.45, 2.75) is 43.5 Å². The van der Waals surface area contributed by atoms with Crippen molar-refractivity contribution < 1.29 is 4.79 Å². The Balaban J connectivity index is 2.03. The average molecular weight is 384 g/mol. The van der Waals surface area contributed by atoms with Crippen LogP contribution in [-0.2, 0) is 0 Å². The van der Waals surface area contributed by atoms with Crippen LogP contribution in [0.5, 0.6) is 0 Å². The number of nitrogens with one attached hydrogen (secondary N) is 1. The number of amides is 1. The van der Waals surface area contributed by atoms with Crippen molar-refractivity contribution in [3.8, 4) is 0 Å². The molecule has 1 aliphatic heterocycles. The van der Waals surface area contributed by atoms with Gasteiger partial charge >= 0.3 is 0 Å². The Hall–Kier alpha value is -1.98. The lowest BCUT2D eigenvalue weighted by atomic mass is 10.1. The first-order chi connectivity index (χ1) is 13.1. The summed E-state index contributed by atoms with van der Waals surface area (Å²) >= 11 is 1.78. The zero-order valence-electron chi connectivity index (χ0n) is 16.7. The molecule has 144 valence electrons. The Kier molecular flexibility index (Phi) is 6.45. The fourth-order valence-corrected chi connectivity index (χ4v) is 4.65. The second-order valence-corrected chi connectivity index (χ2v) is 7.90. The molecule has 1 atom stereocenters. The van der Waals surface area contributed by atoms with Crippen molar-refractivity contribution in [3.05, 3.63) is 48.0 Å². The van der Waals surface area contributed by atoms with Gasteiger partial charge in [0.1, 0.15) is 0 Å². The van der Waals surface area contributed by atoms with Crippen LogP contribution in [0.3, 0.4) is 0 Å². The van der Waals surface area contributed by atoms with E-state index in [1.807, 2.05) is 19.1 Å². The van der Waals surface area contributed by atoms with Crippen molar-refractivity contribution in [2.75, 3.05) is 31.1 Å². The van der Waals surface area contributed by atoms with Crippen LogP contribution >= 0.6 is 11.8 Å². The number of para-hydroxylation sites is 1. The minimum absolute atomic E-state index is 0.0134. The molecule has 3 rings (SSSR count). The van der Waals surface area contributed by atoms with Crippen LogP contribution < -0.4 is 10.2 Å². The highest BCUT2D eigenvalue weighted by atomic mass is 32.2. The van der Waals surface area contributed by atoms with Gasteiger partial charge in [-0.3, -0.25) is 4.79 Å². The van der Waals surface area contributed by atoms with Crippen LogP contribution in [0, 0.1) is 0 Å². The molecule has 1 unspecified atom stereocenters. The van der Waals surface area contributed by atoms with E-state index in [0.29, 0.717) is 12.6 Å². The Morgan fingerprint density at radius 2 is 1.78 bits per heavy atom. The lowest BCUT2D eigenvalue weighted by molar-refractivity contribution is 0.0956. The summed E-state index contributed by atoms with van der Waals surface area (Å²) in [5.41, 5.74) is 3.07. The third-order valence-electron chi connectivity index (χ3n) is 5.02. The van der Waals surface area contributed by atoms with Crippen LogP contribution in [0.15, 0.2) is 52.3 Å². The van der Waals surface area contributed by atoms with Gasteiger partial charge in [0, 0.05) is 34.5 Å². The molecule has 0 fully saturated rings. The third-order valence-corrected chi connectivity index (χ3v) is 6.15. The van der Waals surface area contributed by atoms with E-state index in [4.69, 9.17) is 0 Å². The molecule has 0 bridgehead atoms. The quantitative estimate of drug-likeness (QED) is 0.747. The highest BCUT2D eigenvalue weighted by Crippen LogP contribution is 2.49. The van der Waals surface area contributed by atoms with Crippen molar-refractivity contribution in [2.24, 2.45) is 0 Å². The summed E-state index contributed by atoms with van der Waals surface area (Å²) < 4.78 is 0. The predicted octanol–water partition coefficient (Wildman–Crippen LogP) is 4.77. The van der Waals surface area contributed by atoms with E-state index in [0.717, 1.165) is 30.9 Å². The summed E-state index contributed by atoms with van der Waals surface area (Å²) in [5, 5.41) is 2.91. The van der Waals surface area contributed by atoms with Gasteiger partial charge in [-0.05, 0) is 57.3 Å². The molecule has 1 heterocycles. The Bertz CT molecular complexity index is 804. The number of likely N-dealkylation sites (N-methyl/N-ethyl adjacent to an activating group) is 1. The van der Waals surface area contributed by atoms with Gasteiger partial charge in [0.25, 0.3) is 5.91 Å². The maximum absolute atomic E-state index is 12.4. The minimum Gasteiger partial charge on any atom is -0.352 e. The van der Waals surface area contributed by atoms with E-state index in [1.54, 1.807) is 11.8 Å². The fourth-order valence-electron chi connectivity index (χ4n) is 3.60. The van der Waals surface area contributed by atoms with Gasteiger partial charge < -0.3 is 15.1 Å². The number of hydrogen-bond acceptors (Lipinski definition) is 4. The summed E-state index contributed by atoms with van der Waals surface area (Å²) in [7, 11) is 0. The average Bonchev–Trinajstić information content (AvgIpc) is 2.69. The number of fused-ring (bicyclic) bond motifs is 2. The molecule has 0 radical (unpaired) electrons. The zero-order valence-corrected chi connectivity index (χ0v) is 17.5. The van der Waals surface area contributed by atoms with E-state index in [1.165, 1.54) is 15.5 Å². The van der Waals surface area contributed by atoms with Gasteiger partial charge in [0.05, 0.1) is 11.4 Å². The highest BCUT2D eigenvalue weighted by molar-refractivity contribution is 7.99. The smallest absolute Gasteiger partial charge is 0.251 e. The summed E-state index contributed by atoms with van der Waals surface area (Å²) in [6.45, 7) is 12.3. The second kappa shape index (κ2) is 8.81. The van der Waals surface area contributed by atoms with Crippen LogP contribution in [-0.4, -0.2) is 43.0 Å². The maximum atomic E-state index is 12.4. The Morgan fingerprint density at radius 1 is 1.07 bits per heavy atom. The standard InChI is InChI=1S/C22H29N3OS/c1-5-23-22(26)17-12-13-21-19(14-17)25(16(4)15-24(6-2)7-3)18-10-8-9-11-20(18)27-21/h8-14,16H,5-7,15H2,1-4H3,(H,23,26). The largest absolute Gasteiger partial charge is 0.352 e. The molecule has 0 saturated carbocycles. The first-order valence-electron chi connectivity index (χ1n) is 9.79. The molecule has 4 nitrogen and oxygen atoms in total. The first-order valence-corrected chi connectivity index (χ1v) is 10.6. The molecular weight excluding hydrogens is 354 g/mol. The number of benzene rings is 2. The van der Waals surface area contributed by atoms with E-state index < -0.39 is 0 Å². The topological polar surface area (TPSA) is 35.6 Å². The molecular formula is C22H29N3OS. The van der Waals surface area contributed by atoms with Gasteiger partial charge in [-0.2, -0.15) is 0 Å². The molecule has 0 aliphatic carbocycles. The van der Waals surface area contributed by atoms with E-state index in [9.17, 15) is 4.79 Å². The van der Waals surface area contributed by atoms with Crippen LogP contribution in [0.4, 0.5) is 11.4 Å². The number of anilines is 2. The number of rotatable bonds is 7. The monoisotopic (exact) mass is 383 g/mol. The van der Waals surface area contributed by atoms with Gasteiger partial charge in [0.2, 0.25) is 0 Å². The SMILES string of the molecule is CCNC(=O)c1ccc2c(c1)N(C(C)CN(CC)CC)c1ccccc1S2. The summed E-state index contributed by atoms with van der Waals surface area (Å²) in [5.74, 6) is -0.0134. The molecule has 2 aromatic carbocycles. The Morgan fingerprint density at radius 3 is 2.48 bits per heavy atom. The van der Waals surface area contributed by atoms with Crippen LogP contribution in [0.25, 0.3) is 0 Å².